The maximum atomic E-state index is 10.6. The molecule has 0 aromatic carbocycles. The highest BCUT2D eigenvalue weighted by atomic mass is 19.4. The molecule has 36 heavy (non-hydrogen) atoms. The maximum Gasteiger partial charge on any atom is 0.490 e. The monoisotopic (exact) mass is 526 g/mol. The highest BCUT2D eigenvalue weighted by Gasteiger charge is 2.44. The van der Waals surface area contributed by atoms with E-state index in [1.807, 2.05) is 31.1 Å². The molecule has 0 amide bonds. The summed E-state index contributed by atoms with van der Waals surface area (Å²) in [6, 6.07) is 4.64. The summed E-state index contributed by atoms with van der Waals surface area (Å²) in [6.45, 7) is 3.98. The fourth-order valence-electron chi connectivity index (χ4n) is 3.85. The molecule has 2 aliphatic rings. The Labute approximate surface area is 201 Å². The van der Waals surface area contributed by atoms with Gasteiger partial charge in [0, 0.05) is 44.3 Å². The molecule has 1 spiro atoms. The summed E-state index contributed by atoms with van der Waals surface area (Å²) >= 11 is 0. The highest BCUT2D eigenvalue weighted by Crippen LogP contribution is 2.39. The highest BCUT2D eigenvalue weighted by molar-refractivity contribution is 5.73. The van der Waals surface area contributed by atoms with E-state index in [-0.39, 0.29) is 5.60 Å². The first-order valence-electron chi connectivity index (χ1n) is 10.5. The van der Waals surface area contributed by atoms with Gasteiger partial charge in [-0.15, -0.1) is 0 Å². The minimum Gasteiger partial charge on any atom is -0.475 e. The zero-order chi connectivity index (χ0) is 27.0. The number of pyridine rings is 1. The molecule has 4 heterocycles. The van der Waals surface area contributed by atoms with Crippen molar-refractivity contribution in [2.45, 2.75) is 49.8 Å². The zero-order valence-corrected chi connectivity index (χ0v) is 18.7. The SMILES string of the molecule is O=C(O)C(F)(F)F.O=C(O)C(F)(F)F.c1cc(CN2CCCC3(CC(n4ccnc4)CO3)C2)ccn1. The van der Waals surface area contributed by atoms with Crippen LogP contribution in [0.15, 0.2) is 43.2 Å². The van der Waals surface area contributed by atoms with Gasteiger partial charge in [-0.1, -0.05) is 0 Å². The number of halogens is 6. The molecule has 0 aliphatic carbocycles. The number of imidazole rings is 1. The Morgan fingerprint density at radius 3 is 2.11 bits per heavy atom. The van der Waals surface area contributed by atoms with E-state index in [2.05, 4.69) is 31.6 Å². The van der Waals surface area contributed by atoms with E-state index in [0.29, 0.717) is 6.04 Å². The van der Waals surface area contributed by atoms with Crippen LogP contribution in [0.4, 0.5) is 26.3 Å². The number of aliphatic carboxylic acids is 2. The number of carbonyl (C=O) groups is 2. The van der Waals surface area contributed by atoms with Gasteiger partial charge in [-0.2, -0.15) is 26.3 Å². The number of hydrogen-bond acceptors (Lipinski definition) is 6. The van der Waals surface area contributed by atoms with Crippen molar-refractivity contribution in [1.82, 2.24) is 19.4 Å². The Hall–Kier alpha value is -3.20. The predicted molar refractivity (Wildman–Crippen MR) is 111 cm³/mol. The van der Waals surface area contributed by atoms with Gasteiger partial charge in [0.05, 0.1) is 24.6 Å². The van der Waals surface area contributed by atoms with Gasteiger partial charge in [0.15, 0.2) is 0 Å². The number of alkyl halides is 6. The van der Waals surface area contributed by atoms with Crippen LogP contribution in [0.5, 0.6) is 0 Å². The van der Waals surface area contributed by atoms with Crippen LogP contribution in [-0.4, -0.2) is 79.2 Å². The van der Waals surface area contributed by atoms with Gasteiger partial charge in [-0.25, -0.2) is 14.6 Å². The molecule has 0 bridgehead atoms. The lowest BCUT2D eigenvalue weighted by Crippen LogP contribution is -2.47. The number of nitrogens with zero attached hydrogens (tertiary/aromatic N) is 4. The molecule has 0 saturated carbocycles. The van der Waals surface area contributed by atoms with Gasteiger partial charge in [0.2, 0.25) is 0 Å². The number of carboxylic acid groups (broad SMARTS) is 2. The second-order valence-electron chi connectivity index (χ2n) is 8.14. The topological polar surface area (TPSA) is 118 Å². The van der Waals surface area contributed by atoms with Crippen molar-refractivity contribution in [2.24, 2.45) is 0 Å². The lowest BCUT2D eigenvalue weighted by atomic mass is 9.88. The Bertz CT molecular complexity index is 947. The van der Waals surface area contributed by atoms with Crippen molar-refractivity contribution in [3.05, 3.63) is 48.8 Å². The van der Waals surface area contributed by atoms with E-state index in [0.717, 1.165) is 32.7 Å². The summed E-state index contributed by atoms with van der Waals surface area (Å²) in [6.07, 6.45) is 2.85. The van der Waals surface area contributed by atoms with Crippen molar-refractivity contribution in [1.29, 1.82) is 0 Å². The molecular formula is C21H24F6N4O5. The third kappa shape index (κ3) is 9.11. The Morgan fingerprint density at radius 2 is 1.61 bits per heavy atom. The van der Waals surface area contributed by atoms with E-state index < -0.39 is 24.3 Å². The third-order valence-corrected chi connectivity index (χ3v) is 5.40. The van der Waals surface area contributed by atoms with E-state index >= 15 is 0 Å². The Kier molecular flexibility index (Phi) is 9.81. The van der Waals surface area contributed by atoms with Crippen molar-refractivity contribution < 1.29 is 50.9 Å². The van der Waals surface area contributed by atoms with E-state index in [4.69, 9.17) is 24.5 Å². The second kappa shape index (κ2) is 12.2. The second-order valence-corrected chi connectivity index (χ2v) is 8.14. The first kappa shape index (κ1) is 29.0. The molecule has 2 N–H and O–H groups in total. The molecule has 2 aromatic heterocycles. The molecule has 2 unspecified atom stereocenters. The normalized spacial score (nSPS) is 22.2. The van der Waals surface area contributed by atoms with Crippen LogP contribution in [-0.2, 0) is 20.9 Å². The first-order chi connectivity index (χ1) is 16.7. The van der Waals surface area contributed by atoms with Crippen LogP contribution in [0.25, 0.3) is 0 Å². The van der Waals surface area contributed by atoms with Crippen LogP contribution < -0.4 is 0 Å². The quantitative estimate of drug-likeness (QED) is 0.584. The van der Waals surface area contributed by atoms with E-state index in [9.17, 15) is 26.3 Å². The smallest absolute Gasteiger partial charge is 0.475 e. The average Bonchev–Trinajstić information content (AvgIpc) is 3.45. The summed E-state index contributed by atoms with van der Waals surface area (Å²) < 4.78 is 71.9. The molecule has 2 aliphatic heterocycles. The molecule has 2 aromatic rings. The Balaban J connectivity index is 0.000000271. The van der Waals surface area contributed by atoms with Crippen LogP contribution in [0.3, 0.4) is 0 Å². The van der Waals surface area contributed by atoms with Gasteiger partial charge >= 0.3 is 24.3 Å². The molecular weight excluding hydrogens is 502 g/mol. The molecule has 4 rings (SSSR count). The minimum absolute atomic E-state index is 0.0280. The maximum absolute atomic E-state index is 10.6. The van der Waals surface area contributed by atoms with Crippen LogP contribution in [0, 0.1) is 0 Å². The average molecular weight is 526 g/mol. The lowest BCUT2D eigenvalue weighted by Gasteiger charge is -2.39. The van der Waals surface area contributed by atoms with Gasteiger partial charge in [-0.05, 0) is 37.1 Å². The molecule has 2 atom stereocenters. The number of carboxylic acids is 2. The predicted octanol–water partition coefficient (Wildman–Crippen LogP) is 3.54. The lowest BCUT2D eigenvalue weighted by molar-refractivity contribution is -0.193. The fraction of sp³-hybridized carbons (Fsp3) is 0.524. The molecule has 9 nitrogen and oxygen atoms in total. The summed E-state index contributed by atoms with van der Waals surface area (Å²) in [7, 11) is 0. The number of rotatable bonds is 3. The largest absolute Gasteiger partial charge is 0.490 e. The first-order valence-corrected chi connectivity index (χ1v) is 10.5. The van der Waals surface area contributed by atoms with Gasteiger partial charge < -0.3 is 19.5 Å². The van der Waals surface area contributed by atoms with E-state index in [1.54, 1.807) is 0 Å². The van der Waals surface area contributed by atoms with E-state index in [1.165, 1.54) is 18.4 Å². The molecule has 2 saturated heterocycles. The number of hydrogen-bond donors (Lipinski definition) is 2. The van der Waals surface area contributed by atoms with Crippen molar-refractivity contribution >= 4 is 11.9 Å². The van der Waals surface area contributed by atoms with Crippen LogP contribution in [0.2, 0.25) is 0 Å². The minimum atomic E-state index is -5.08. The molecule has 2 fully saturated rings. The number of likely N-dealkylation sites (tertiary alicyclic amines) is 1. The summed E-state index contributed by atoms with van der Waals surface area (Å²) in [5.74, 6) is -5.51. The number of ether oxygens (including phenoxy) is 1. The van der Waals surface area contributed by atoms with Gasteiger partial charge in [0.25, 0.3) is 0 Å². The summed E-state index contributed by atoms with van der Waals surface area (Å²) in [5.41, 5.74) is 1.36. The Morgan fingerprint density at radius 1 is 1.03 bits per heavy atom. The standard InChI is InChI=1S/C17H22N4O.2C2HF3O2/c1-4-17(10-16(12-22-17)21-9-7-19-14-21)13-20(8-1)11-15-2-5-18-6-3-15;2*3-2(4,5)1(6)7/h2-3,5-7,9,14,16H,1,4,8,10-13H2;2*(H,6,7). The van der Waals surface area contributed by atoms with Gasteiger partial charge in [0.1, 0.15) is 0 Å². The molecule has 200 valence electrons. The summed E-state index contributed by atoms with van der Waals surface area (Å²) in [5, 5.41) is 14.2. The summed E-state index contributed by atoms with van der Waals surface area (Å²) in [4.78, 5) is 28.6. The fourth-order valence-corrected chi connectivity index (χ4v) is 3.85. The molecule has 15 heteroatoms. The number of aromatic nitrogens is 3. The van der Waals surface area contributed by atoms with Crippen molar-refractivity contribution in [3.8, 4) is 0 Å². The third-order valence-electron chi connectivity index (χ3n) is 5.40. The van der Waals surface area contributed by atoms with Crippen molar-refractivity contribution in [2.75, 3.05) is 19.7 Å². The number of piperidine rings is 1. The van der Waals surface area contributed by atoms with Crippen LogP contribution >= 0.6 is 0 Å². The molecule has 0 radical (unpaired) electrons. The van der Waals surface area contributed by atoms with Crippen LogP contribution in [0.1, 0.15) is 30.9 Å². The van der Waals surface area contributed by atoms with Crippen molar-refractivity contribution in [3.63, 3.8) is 0 Å². The zero-order valence-electron chi connectivity index (χ0n) is 18.7. The van der Waals surface area contributed by atoms with Gasteiger partial charge in [-0.3, -0.25) is 9.88 Å².